The number of carbonyl (C=O) groups excluding carboxylic acids is 2. The molecule has 2 N–H and O–H groups in total. The molecule has 0 saturated carbocycles. The molecule has 2 amide bonds. The molecule has 0 saturated heterocycles. The summed E-state index contributed by atoms with van der Waals surface area (Å²) in [4.78, 5) is 23.2. The summed E-state index contributed by atoms with van der Waals surface area (Å²) in [6.07, 6.45) is 0. The van der Waals surface area contributed by atoms with Crippen molar-refractivity contribution < 1.29 is 9.59 Å². The van der Waals surface area contributed by atoms with Gasteiger partial charge in [0.1, 0.15) is 0 Å². The van der Waals surface area contributed by atoms with Crippen molar-refractivity contribution >= 4 is 23.2 Å². The summed E-state index contributed by atoms with van der Waals surface area (Å²) in [5, 5.41) is 5.90. The molecule has 0 bridgehead atoms. The lowest BCUT2D eigenvalue weighted by atomic mass is 9.82. The minimum absolute atomic E-state index is 0.0359. The lowest BCUT2D eigenvalue weighted by molar-refractivity contribution is -0.115. The van der Waals surface area contributed by atoms with Gasteiger partial charge in [0.15, 0.2) is 0 Å². The first-order valence-corrected chi connectivity index (χ1v) is 10.5. The van der Waals surface area contributed by atoms with E-state index < -0.39 is 0 Å². The molecule has 0 aliphatic heterocycles. The van der Waals surface area contributed by atoms with E-state index in [2.05, 4.69) is 59.2 Å². The number of carbonyl (C=O) groups is 2. The number of anilines is 2. The summed E-state index contributed by atoms with van der Waals surface area (Å²) in [6, 6.07) is 19.0. The van der Waals surface area contributed by atoms with Crippen LogP contribution in [0.15, 0.2) is 54.6 Å². The number of hydrogen-bond donors (Lipinski definition) is 2. The maximum Gasteiger partial charge on any atom is 0.221 e. The fraction of sp³-hybridized carbons (Fsp3) is 0.259. The van der Waals surface area contributed by atoms with Crippen LogP contribution in [0.3, 0.4) is 0 Å². The molecule has 0 heterocycles. The Bertz CT molecular complexity index is 1020. The molecule has 4 heteroatoms. The van der Waals surface area contributed by atoms with E-state index in [1.165, 1.54) is 30.5 Å². The van der Waals surface area contributed by atoms with Gasteiger partial charge in [-0.25, -0.2) is 0 Å². The number of benzene rings is 3. The first-order valence-electron chi connectivity index (χ1n) is 10.5. The number of amides is 2. The molecule has 0 fully saturated rings. The van der Waals surface area contributed by atoms with Crippen LogP contribution in [-0.2, 0) is 9.59 Å². The molecule has 3 aromatic rings. The van der Waals surface area contributed by atoms with Crippen LogP contribution < -0.4 is 10.6 Å². The minimum atomic E-state index is -0.0710. The quantitative estimate of drug-likeness (QED) is 0.502. The minimum Gasteiger partial charge on any atom is -0.326 e. The summed E-state index contributed by atoms with van der Waals surface area (Å²) in [6.45, 7) is 11.2. The molecule has 31 heavy (non-hydrogen) atoms. The second-order valence-corrected chi connectivity index (χ2v) is 8.27. The fourth-order valence-electron chi connectivity index (χ4n) is 4.30. The number of hydrogen-bond acceptors (Lipinski definition) is 2. The van der Waals surface area contributed by atoms with E-state index in [-0.39, 0.29) is 17.7 Å². The van der Waals surface area contributed by atoms with Crippen LogP contribution in [0, 0.1) is 27.7 Å². The Balaban J connectivity index is 2.18. The first kappa shape index (κ1) is 22.3. The van der Waals surface area contributed by atoms with Gasteiger partial charge >= 0.3 is 0 Å². The zero-order chi connectivity index (χ0) is 22.7. The van der Waals surface area contributed by atoms with Crippen molar-refractivity contribution in [2.75, 3.05) is 10.6 Å². The zero-order valence-electron chi connectivity index (χ0n) is 19.1. The van der Waals surface area contributed by atoms with Crippen LogP contribution in [0.2, 0.25) is 0 Å². The van der Waals surface area contributed by atoms with Crippen LogP contribution in [-0.4, -0.2) is 11.8 Å². The van der Waals surface area contributed by atoms with E-state index >= 15 is 0 Å². The Morgan fingerprint density at radius 3 is 1.29 bits per heavy atom. The van der Waals surface area contributed by atoms with Gasteiger partial charge in [-0.15, -0.1) is 0 Å². The van der Waals surface area contributed by atoms with Crippen molar-refractivity contribution in [1.82, 2.24) is 0 Å². The van der Waals surface area contributed by atoms with E-state index in [9.17, 15) is 9.59 Å². The molecule has 3 rings (SSSR count). The van der Waals surface area contributed by atoms with E-state index in [1.54, 1.807) is 0 Å². The highest BCUT2D eigenvalue weighted by atomic mass is 16.2. The first-order chi connectivity index (χ1) is 14.7. The highest BCUT2D eigenvalue weighted by Gasteiger charge is 2.21. The van der Waals surface area contributed by atoms with E-state index in [0.29, 0.717) is 0 Å². The highest BCUT2D eigenvalue weighted by Crippen LogP contribution is 2.37. The van der Waals surface area contributed by atoms with Crippen LogP contribution in [0.25, 0.3) is 0 Å². The van der Waals surface area contributed by atoms with Crippen LogP contribution in [0.1, 0.15) is 58.7 Å². The fourth-order valence-corrected chi connectivity index (χ4v) is 4.30. The lowest BCUT2D eigenvalue weighted by Gasteiger charge is -2.23. The third kappa shape index (κ3) is 5.02. The van der Waals surface area contributed by atoms with Crippen molar-refractivity contribution in [2.24, 2.45) is 0 Å². The monoisotopic (exact) mass is 414 g/mol. The summed E-state index contributed by atoms with van der Waals surface area (Å²) < 4.78 is 0. The van der Waals surface area contributed by atoms with Gasteiger partial charge in [0.05, 0.1) is 0 Å². The topological polar surface area (TPSA) is 58.2 Å². The average molecular weight is 415 g/mol. The molecule has 0 atom stereocenters. The molecule has 0 spiro atoms. The summed E-state index contributed by atoms with van der Waals surface area (Å²) in [5.41, 5.74) is 9.42. The molecule has 4 nitrogen and oxygen atoms in total. The Kier molecular flexibility index (Phi) is 6.59. The van der Waals surface area contributed by atoms with Crippen LogP contribution in [0.5, 0.6) is 0 Å². The van der Waals surface area contributed by atoms with E-state index in [0.717, 1.165) is 33.6 Å². The molecular weight excluding hydrogens is 384 g/mol. The zero-order valence-corrected chi connectivity index (χ0v) is 19.1. The van der Waals surface area contributed by atoms with Crippen LogP contribution in [0.4, 0.5) is 11.4 Å². The van der Waals surface area contributed by atoms with Gasteiger partial charge in [-0.1, -0.05) is 54.6 Å². The standard InChI is InChI=1S/C27H30N2O2/c1-16-12-23(13-17(2)26(16)28-20(5)30)25(22-10-8-7-9-11-22)24-14-18(3)27(19(4)15-24)29-21(6)31/h7-15,25H,1-6H3,(H,28,30)(H,29,31). The SMILES string of the molecule is CC(=O)Nc1c(C)cc(C(c2ccccc2)c2cc(C)c(NC(C)=O)c(C)c2)cc1C. The predicted molar refractivity (Wildman–Crippen MR) is 128 cm³/mol. The van der Waals surface area contributed by atoms with Gasteiger partial charge in [0.2, 0.25) is 11.8 Å². The maximum atomic E-state index is 11.6. The third-order valence-electron chi connectivity index (χ3n) is 5.51. The largest absolute Gasteiger partial charge is 0.326 e. The lowest BCUT2D eigenvalue weighted by Crippen LogP contribution is -2.12. The summed E-state index contributed by atoms with van der Waals surface area (Å²) >= 11 is 0. The predicted octanol–water partition coefficient (Wildman–Crippen LogP) is 6.02. The molecule has 0 aliphatic rings. The number of nitrogens with one attached hydrogen (secondary N) is 2. The van der Waals surface area contributed by atoms with Crippen molar-refractivity contribution in [1.29, 1.82) is 0 Å². The Hall–Kier alpha value is -3.40. The summed E-state index contributed by atoms with van der Waals surface area (Å²) in [5.74, 6) is -0.106. The molecule has 0 aliphatic carbocycles. The van der Waals surface area contributed by atoms with E-state index in [4.69, 9.17) is 0 Å². The Morgan fingerprint density at radius 2 is 0.968 bits per heavy atom. The van der Waals surface area contributed by atoms with E-state index in [1.807, 2.05) is 33.8 Å². The highest BCUT2D eigenvalue weighted by molar-refractivity contribution is 5.91. The second kappa shape index (κ2) is 9.17. The normalized spacial score (nSPS) is 10.8. The van der Waals surface area contributed by atoms with Gasteiger partial charge in [-0.3, -0.25) is 9.59 Å². The molecule has 0 aromatic heterocycles. The van der Waals surface area contributed by atoms with Gasteiger partial charge in [0, 0.05) is 31.1 Å². The van der Waals surface area contributed by atoms with Crippen LogP contribution >= 0.6 is 0 Å². The van der Waals surface area contributed by atoms with Crippen molar-refractivity contribution in [3.05, 3.63) is 93.5 Å². The van der Waals surface area contributed by atoms with Crippen molar-refractivity contribution in [3.63, 3.8) is 0 Å². The van der Waals surface area contributed by atoms with Crippen molar-refractivity contribution in [3.8, 4) is 0 Å². The van der Waals surface area contributed by atoms with Gasteiger partial charge in [-0.05, 0) is 66.6 Å². The second-order valence-electron chi connectivity index (χ2n) is 8.27. The molecule has 160 valence electrons. The smallest absolute Gasteiger partial charge is 0.221 e. The third-order valence-corrected chi connectivity index (χ3v) is 5.51. The summed E-state index contributed by atoms with van der Waals surface area (Å²) in [7, 11) is 0. The maximum absolute atomic E-state index is 11.6. The molecular formula is C27H30N2O2. The van der Waals surface area contributed by atoms with Crippen molar-refractivity contribution in [2.45, 2.75) is 47.5 Å². The van der Waals surface area contributed by atoms with Gasteiger partial charge in [-0.2, -0.15) is 0 Å². The molecule has 0 radical (unpaired) electrons. The molecule has 0 unspecified atom stereocenters. The Labute approximate surface area is 184 Å². The van der Waals surface area contributed by atoms with Gasteiger partial charge < -0.3 is 10.6 Å². The number of rotatable bonds is 5. The average Bonchev–Trinajstić information content (AvgIpc) is 2.68. The Morgan fingerprint density at radius 1 is 0.613 bits per heavy atom. The van der Waals surface area contributed by atoms with Gasteiger partial charge in [0.25, 0.3) is 0 Å². The number of aryl methyl sites for hydroxylation is 4. The molecule has 3 aromatic carbocycles.